The summed E-state index contributed by atoms with van der Waals surface area (Å²) in [5.41, 5.74) is 0. The standard InChI is InChI=1S/C11H16BrNS/c1-8(9-2-3-9)5-13-6-11-4-10(12)7-14-11/h4,7-9,13H,2-3,5-6H2,1H3. The molecule has 1 N–H and O–H groups in total. The molecule has 0 spiro atoms. The Bertz CT molecular complexity index is 293. The average Bonchev–Trinajstić information content (AvgIpc) is 2.92. The summed E-state index contributed by atoms with van der Waals surface area (Å²) in [6.45, 7) is 4.54. The minimum Gasteiger partial charge on any atom is -0.312 e. The lowest BCUT2D eigenvalue weighted by Gasteiger charge is -2.10. The van der Waals surface area contributed by atoms with Gasteiger partial charge in [-0.25, -0.2) is 0 Å². The third-order valence-corrected chi connectivity index (χ3v) is 4.51. The first-order valence-electron chi connectivity index (χ1n) is 5.19. The number of hydrogen-bond donors (Lipinski definition) is 1. The minimum atomic E-state index is 0.860. The van der Waals surface area contributed by atoms with Crippen LogP contribution in [0.4, 0.5) is 0 Å². The molecule has 3 heteroatoms. The lowest BCUT2D eigenvalue weighted by molar-refractivity contribution is 0.463. The molecule has 1 aromatic heterocycles. The summed E-state index contributed by atoms with van der Waals surface area (Å²) < 4.78 is 1.20. The number of rotatable bonds is 5. The molecule has 1 atom stereocenters. The van der Waals surface area contributed by atoms with Gasteiger partial charge in [0.2, 0.25) is 0 Å². The van der Waals surface area contributed by atoms with Crippen LogP contribution in [0.25, 0.3) is 0 Å². The molecule has 0 saturated heterocycles. The van der Waals surface area contributed by atoms with Crippen LogP contribution in [0.2, 0.25) is 0 Å². The fraction of sp³-hybridized carbons (Fsp3) is 0.636. The molecule has 1 heterocycles. The molecule has 0 bridgehead atoms. The van der Waals surface area contributed by atoms with Crippen LogP contribution in [0.3, 0.4) is 0 Å². The number of halogens is 1. The zero-order valence-electron chi connectivity index (χ0n) is 8.42. The second-order valence-corrected chi connectivity index (χ2v) is 6.09. The highest BCUT2D eigenvalue weighted by atomic mass is 79.9. The Morgan fingerprint density at radius 1 is 1.64 bits per heavy atom. The molecule has 1 fully saturated rings. The molecule has 1 nitrogen and oxygen atoms in total. The van der Waals surface area contributed by atoms with Gasteiger partial charge in [-0.1, -0.05) is 6.92 Å². The van der Waals surface area contributed by atoms with Crippen LogP contribution >= 0.6 is 27.3 Å². The highest BCUT2D eigenvalue weighted by molar-refractivity contribution is 9.10. The van der Waals surface area contributed by atoms with Gasteiger partial charge in [0.1, 0.15) is 0 Å². The molecule has 0 radical (unpaired) electrons. The Morgan fingerprint density at radius 2 is 2.43 bits per heavy atom. The SMILES string of the molecule is CC(CNCc1cc(Br)cs1)C1CC1. The fourth-order valence-electron chi connectivity index (χ4n) is 1.70. The van der Waals surface area contributed by atoms with Crippen LogP contribution in [0.15, 0.2) is 15.9 Å². The lowest BCUT2D eigenvalue weighted by Crippen LogP contribution is -2.21. The first-order valence-corrected chi connectivity index (χ1v) is 6.86. The maximum absolute atomic E-state index is 3.53. The maximum atomic E-state index is 3.53. The van der Waals surface area contributed by atoms with Crippen molar-refractivity contribution in [2.75, 3.05) is 6.54 Å². The van der Waals surface area contributed by atoms with Gasteiger partial charge in [-0.05, 0) is 53.2 Å². The molecule has 1 aliphatic carbocycles. The number of hydrogen-bond acceptors (Lipinski definition) is 2. The Morgan fingerprint density at radius 3 is 3.00 bits per heavy atom. The van der Waals surface area contributed by atoms with Gasteiger partial charge < -0.3 is 5.32 Å². The molecular formula is C11H16BrNS. The second kappa shape index (κ2) is 4.77. The topological polar surface area (TPSA) is 12.0 Å². The molecule has 78 valence electrons. The van der Waals surface area contributed by atoms with Gasteiger partial charge in [0.05, 0.1) is 0 Å². The quantitative estimate of drug-likeness (QED) is 0.864. The van der Waals surface area contributed by atoms with Crippen molar-refractivity contribution in [2.24, 2.45) is 11.8 Å². The van der Waals surface area contributed by atoms with Crippen molar-refractivity contribution in [1.29, 1.82) is 0 Å². The van der Waals surface area contributed by atoms with Crippen molar-refractivity contribution in [3.8, 4) is 0 Å². The predicted molar refractivity (Wildman–Crippen MR) is 65.6 cm³/mol. The first kappa shape index (κ1) is 10.7. The summed E-state index contributed by atoms with van der Waals surface area (Å²) >= 11 is 5.28. The van der Waals surface area contributed by atoms with Crippen molar-refractivity contribution in [2.45, 2.75) is 26.3 Å². The fourth-order valence-corrected chi connectivity index (χ4v) is 3.12. The molecule has 0 aliphatic heterocycles. The molecule has 1 saturated carbocycles. The highest BCUT2D eigenvalue weighted by Crippen LogP contribution is 2.36. The number of nitrogens with one attached hydrogen (secondary N) is 1. The summed E-state index contributed by atoms with van der Waals surface area (Å²) in [5.74, 6) is 1.87. The van der Waals surface area contributed by atoms with E-state index in [0.717, 1.165) is 18.4 Å². The van der Waals surface area contributed by atoms with Gasteiger partial charge in [0, 0.05) is 21.3 Å². The van der Waals surface area contributed by atoms with E-state index >= 15 is 0 Å². The molecule has 1 unspecified atom stereocenters. The van der Waals surface area contributed by atoms with Gasteiger partial charge in [-0.15, -0.1) is 11.3 Å². The van der Waals surface area contributed by atoms with E-state index in [0.29, 0.717) is 0 Å². The van der Waals surface area contributed by atoms with Crippen molar-refractivity contribution in [3.63, 3.8) is 0 Å². The summed E-state index contributed by atoms with van der Waals surface area (Å²) in [6, 6.07) is 2.19. The van der Waals surface area contributed by atoms with Crippen molar-refractivity contribution < 1.29 is 0 Å². The van der Waals surface area contributed by atoms with Crippen LogP contribution in [0, 0.1) is 11.8 Å². The van der Waals surface area contributed by atoms with Gasteiger partial charge in [0.15, 0.2) is 0 Å². The lowest BCUT2D eigenvalue weighted by atomic mass is 10.1. The van der Waals surface area contributed by atoms with Crippen LogP contribution in [0.5, 0.6) is 0 Å². The maximum Gasteiger partial charge on any atom is 0.0300 e. The van der Waals surface area contributed by atoms with E-state index in [1.165, 1.54) is 28.7 Å². The molecule has 14 heavy (non-hydrogen) atoms. The molecule has 0 aromatic carbocycles. The zero-order valence-corrected chi connectivity index (χ0v) is 10.8. The number of thiophene rings is 1. The molecule has 1 aliphatic rings. The molecular weight excluding hydrogens is 258 g/mol. The largest absolute Gasteiger partial charge is 0.312 e. The predicted octanol–water partition coefficient (Wildman–Crippen LogP) is 3.65. The Balaban J connectivity index is 1.67. The van der Waals surface area contributed by atoms with E-state index in [2.05, 4.69) is 39.6 Å². The van der Waals surface area contributed by atoms with E-state index < -0.39 is 0 Å². The van der Waals surface area contributed by atoms with Crippen LogP contribution in [-0.2, 0) is 6.54 Å². The smallest absolute Gasteiger partial charge is 0.0300 e. The van der Waals surface area contributed by atoms with E-state index in [1.54, 1.807) is 0 Å². The van der Waals surface area contributed by atoms with Gasteiger partial charge in [-0.3, -0.25) is 0 Å². The molecule has 2 rings (SSSR count). The van der Waals surface area contributed by atoms with Gasteiger partial charge >= 0.3 is 0 Å². The first-order chi connectivity index (χ1) is 6.75. The van der Waals surface area contributed by atoms with E-state index in [4.69, 9.17) is 0 Å². The minimum absolute atomic E-state index is 0.860. The normalized spacial score (nSPS) is 18.4. The summed E-state index contributed by atoms with van der Waals surface area (Å²) in [5, 5.41) is 5.67. The second-order valence-electron chi connectivity index (χ2n) is 4.18. The zero-order chi connectivity index (χ0) is 9.97. The van der Waals surface area contributed by atoms with Crippen LogP contribution in [-0.4, -0.2) is 6.54 Å². The van der Waals surface area contributed by atoms with Crippen LogP contribution < -0.4 is 5.32 Å². The third-order valence-electron chi connectivity index (χ3n) is 2.81. The monoisotopic (exact) mass is 273 g/mol. The van der Waals surface area contributed by atoms with Crippen molar-refractivity contribution in [3.05, 3.63) is 20.8 Å². The van der Waals surface area contributed by atoms with Gasteiger partial charge in [0.25, 0.3) is 0 Å². The summed E-state index contributed by atoms with van der Waals surface area (Å²) in [7, 11) is 0. The molecule has 1 aromatic rings. The van der Waals surface area contributed by atoms with Crippen molar-refractivity contribution >= 4 is 27.3 Å². The van der Waals surface area contributed by atoms with Crippen LogP contribution in [0.1, 0.15) is 24.6 Å². The molecule has 0 amide bonds. The van der Waals surface area contributed by atoms with E-state index in [-0.39, 0.29) is 0 Å². The Hall–Kier alpha value is 0.140. The average molecular weight is 274 g/mol. The summed E-state index contributed by atoms with van der Waals surface area (Å²) in [6.07, 6.45) is 2.90. The van der Waals surface area contributed by atoms with Crippen molar-refractivity contribution in [1.82, 2.24) is 5.32 Å². The van der Waals surface area contributed by atoms with E-state index in [1.807, 2.05) is 11.3 Å². The van der Waals surface area contributed by atoms with Gasteiger partial charge in [-0.2, -0.15) is 0 Å². The Kier molecular flexibility index (Phi) is 3.63. The highest BCUT2D eigenvalue weighted by Gasteiger charge is 2.27. The summed E-state index contributed by atoms with van der Waals surface area (Å²) in [4.78, 5) is 1.42. The Labute approximate surface area is 98.0 Å². The van der Waals surface area contributed by atoms with E-state index in [9.17, 15) is 0 Å². The third kappa shape index (κ3) is 3.07.